The molecule has 1 saturated heterocycles. The summed E-state index contributed by atoms with van der Waals surface area (Å²) in [4.78, 5) is 29.6. The van der Waals surface area contributed by atoms with E-state index in [2.05, 4.69) is 4.98 Å². The first kappa shape index (κ1) is 12.5. The Labute approximate surface area is 106 Å². The summed E-state index contributed by atoms with van der Waals surface area (Å²) in [5.74, 6) is 0.0737. The Morgan fingerprint density at radius 2 is 2.06 bits per heavy atom. The van der Waals surface area contributed by atoms with Gasteiger partial charge in [0.2, 0.25) is 11.8 Å². The third kappa shape index (κ3) is 1.75. The smallest absolute Gasteiger partial charge is 0.241 e. The van der Waals surface area contributed by atoms with Crippen LogP contribution in [0.4, 0.5) is 11.5 Å². The fourth-order valence-electron chi connectivity index (χ4n) is 2.05. The normalized spacial score (nSPS) is 24.1. The predicted octanol–water partition coefficient (Wildman–Crippen LogP) is 1.59. The van der Waals surface area contributed by atoms with Gasteiger partial charge in [0, 0.05) is 6.42 Å². The van der Waals surface area contributed by atoms with E-state index >= 15 is 0 Å². The van der Waals surface area contributed by atoms with Crippen LogP contribution in [0.25, 0.3) is 0 Å². The second-order valence-corrected chi connectivity index (χ2v) is 5.23. The van der Waals surface area contributed by atoms with Crippen LogP contribution in [0, 0.1) is 11.3 Å². The Morgan fingerprint density at radius 3 is 2.50 bits per heavy atom. The number of carbonyl (C=O) groups excluding carboxylic acids is 2. The maximum absolute atomic E-state index is 12.4. The molecule has 1 aliphatic rings. The highest BCUT2D eigenvalue weighted by Gasteiger charge is 2.50. The first-order valence-corrected chi connectivity index (χ1v) is 5.95. The van der Waals surface area contributed by atoms with Gasteiger partial charge in [-0.3, -0.25) is 9.59 Å². The number of aromatic nitrogens is 1. The van der Waals surface area contributed by atoms with Crippen molar-refractivity contribution >= 4 is 23.3 Å². The molecule has 0 saturated carbocycles. The predicted molar refractivity (Wildman–Crippen MR) is 68.7 cm³/mol. The standard InChI is InChI=1S/C13H17N3O2/c1-8(2)13(3)6-11(17)16(12(13)18)10-5-4-9(14)7-15-10/h4-5,7-8H,6,14H2,1-3H3. The Hall–Kier alpha value is -1.91. The van der Waals surface area contributed by atoms with Crippen LogP contribution in [0.5, 0.6) is 0 Å². The number of nitrogens with zero attached hydrogens (tertiary/aromatic N) is 2. The molecule has 1 aromatic heterocycles. The minimum absolute atomic E-state index is 0.104. The van der Waals surface area contributed by atoms with Gasteiger partial charge in [0.1, 0.15) is 5.82 Å². The molecule has 0 aromatic carbocycles. The van der Waals surface area contributed by atoms with Gasteiger partial charge in [0.25, 0.3) is 0 Å². The Kier molecular flexibility index (Phi) is 2.84. The molecule has 2 N–H and O–H groups in total. The molecule has 1 fully saturated rings. The number of anilines is 2. The summed E-state index contributed by atoms with van der Waals surface area (Å²) in [6.07, 6.45) is 1.68. The lowest BCUT2D eigenvalue weighted by Gasteiger charge is -2.25. The molecule has 1 aliphatic heterocycles. The number of rotatable bonds is 2. The van der Waals surface area contributed by atoms with Crippen LogP contribution in [-0.4, -0.2) is 16.8 Å². The summed E-state index contributed by atoms with van der Waals surface area (Å²) in [5, 5.41) is 0. The molecule has 0 bridgehead atoms. The SMILES string of the molecule is CC(C)C1(C)CC(=O)N(c2ccc(N)cn2)C1=O. The number of nitrogen functional groups attached to an aromatic ring is 1. The maximum atomic E-state index is 12.4. The van der Waals surface area contributed by atoms with Gasteiger partial charge < -0.3 is 5.73 Å². The van der Waals surface area contributed by atoms with E-state index in [9.17, 15) is 9.59 Å². The van der Waals surface area contributed by atoms with Gasteiger partial charge >= 0.3 is 0 Å². The molecule has 96 valence electrons. The molecule has 2 heterocycles. The summed E-state index contributed by atoms with van der Waals surface area (Å²) in [6, 6.07) is 3.23. The number of amides is 2. The van der Waals surface area contributed by atoms with Gasteiger partial charge in [-0.1, -0.05) is 13.8 Å². The number of hydrogen-bond acceptors (Lipinski definition) is 4. The summed E-state index contributed by atoms with van der Waals surface area (Å²) < 4.78 is 0. The van der Waals surface area contributed by atoms with Crippen molar-refractivity contribution in [3.8, 4) is 0 Å². The largest absolute Gasteiger partial charge is 0.397 e. The molecule has 0 spiro atoms. The third-order valence-corrected chi connectivity index (χ3v) is 3.73. The van der Waals surface area contributed by atoms with E-state index < -0.39 is 5.41 Å². The summed E-state index contributed by atoms with van der Waals surface area (Å²) in [6.45, 7) is 5.73. The highest BCUT2D eigenvalue weighted by Crippen LogP contribution is 2.40. The Balaban J connectivity index is 2.38. The van der Waals surface area contributed by atoms with Crippen LogP contribution in [0.2, 0.25) is 0 Å². The van der Waals surface area contributed by atoms with Crippen LogP contribution in [0.1, 0.15) is 27.2 Å². The molecule has 1 atom stereocenters. The molecule has 0 aliphatic carbocycles. The fourth-order valence-corrected chi connectivity index (χ4v) is 2.05. The average molecular weight is 247 g/mol. The zero-order valence-corrected chi connectivity index (χ0v) is 10.8. The lowest BCUT2D eigenvalue weighted by Crippen LogP contribution is -2.37. The highest BCUT2D eigenvalue weighted by molar-refractivity contribution is 6.22. The highest BCUT2D eigenvalue weighted by atomic mass is 16.2. The van der Waals surface area contributed by atoms with Gasteiger partial charge in [0.05, 0.1) is 17.3 Å². The molecule has 1 aromatic rings. The van der Waals surface area contributed by atoms with Gasteiger partial charge in [-0.15, -0.1) is 0 Å². The van der Waals surface area contributed by atoms with Crippen molar-refractivity contribution in [2.75, 3.05) is 10.6 Å². The molecule has 2 amide bonds. The van der Waals surface area contributed by atoms with Crippen molar-refractivity contribution < 1.29 is 9.59 Å². The Morgan fingerprint density at radius 1 is 1.39 bits per heavy atom. The number of hydrogen-bond donors (Lipinski definition) is 1. The Bertz CT molecular complexity index is 495. The van der Waals surface area contributed by atoms with E-state index in [1.807, 2.05) is 20.8 Å². The first-order chi connectivity index (χ1) is 8.36. The monoisotopic (exact) mass is 247 g/mol. The van der Waals surface area contributed by atoms with E-state index in [0.29, 0.717) is 11.5 Å². The fraction of sp³-hybridized carbons (Fsp3) is 0.462. The van der Waals surface area contributed by atoms with Gasteiger partial charge in [-0.2, -0.15) is 0 Å². The van der Waals surface area contributed by atoms with Crippen molar-refractivity contribution in [2.45, 2.75) is 27.2 Å². The molecule has 0 radical (unpaired) electrons. The number of carbonyl (C=O) groups is 2. The molecule has 18 heavy (non-hydrogen) atoms. The third-order valence-electron chi connectivity index (χ3n) is 3.73. The number of pyridine rings is 1. The second kappa shape index (κ2) is 4.08. The minimum atomic E-state index is -0.639. The summed E-state index contributed by atoms with van der Waals surface area (Å²) in [7, 11) is 0. The van der Waals surface area contributed by atoms with Crippen molar-refractivity contribution in [2.24, 2.45) is 11.3 Å². The van der Waals surface area contributed by atoms with Crippen molar-refractivity contribution in [3.63, 3.8) is 0 Å². The van der Waals surface area contributed by atoms with Crippen molar-refractivity contribution in [3.05, 3.63) is 18.3 Å². The van der Waals surface area contributed by atoms with Crippen LogP contribution < -0.4 is 10.6 Å². The topological polar surface area (TPSA) is 76.3 Å². The number of imide groups is 1. The lowest BCUT2D eigenvalue weighted by molar-refractivity contribution is -0.126. The van der Waals surface area contributed by atoms with E-state index in [0.717, 1.165) is 0 Å². The van der Waals surface area contributed by atoms with E-state index in [1.165, 1.54) is 11.1 Å². The van der Waals surface area contributed by atoms with E-state index in [1.54, 1.807) is 12.1 Å². The van der Waals surface area contributed by atoms with Crippen LogP contribution >= 0.6 is 0 Å². The summed E-state index contributed by atoms with van der Waals surface area (Å²) in [5.41, 5.74) is 5.41. The van der Waals surface area contributed by atoms with Crippen LogP contribution in [-0.2, 0) is 9.59 Å². The first-order valence-electron chi connectivity index (χ1n) is 5.95. The zero-order valence-electron chi connectivity index (χ0n) is 10.8. The van der Waals surface area contributed by atoms with Gasteiger partial charge in [0.15, 0.2) is 0 Å². The van der Waals surface area contributed by atoms with Crippen molar-refractivity contribution in [1.82, 2.24) is 4.98 Å². The molecular weight excluding hydrogens is 230 g/mol. The van der Waals surface area contributed by atoms with E-state index in [-0.39, 0.29) is 24.2 Å². The molecule has 5 nitrogen and oxygen atoms in total. The minimum Gasteiger partial charge on any atom is -0.397 e. The maximum Gasteiger partial charge on any atom is 0.241 e. The quantitative estimate of drug-likeness (QED) is 0.805. The lowest BCUT2D eigenvalue weighted by atomic mass is 9.78. The average Bonchev–Trinajstić information content (AvgIpc) is 2.53. The second-order valence-electron chi connectivity index (χ2n) is 5.23. The van der Waals surface area contributed by atoms with Gasteiger partial charge in [-0.05, 0) is 25.0 Å². The molecule has 5 heteroatoms. The van der Waals surface area contributed by atoms with Crippen molar-refractivity contribution in [1.29, 1.82) is 0 Å². The summed E-state index contributed by atoms with van der Waals surface area (Å²) >= 11 is 0. The van der Waals surface area contributed by atoms with Gasteiger partial charge in [-0.25, -0.2) is 9.88 Å². The molecule has 1 unspecified atom stereocenters. The van der Waals surface area contributed by atoms with E-state index in [4.69, 9.17) is 5.73 Å². The molecule has 2 rings (SSSR count). The van der Waals surface area contributed by atoms with Crippen LogP contribution in [0.3, 0.4) is 0 Å². The van der Waals surface area contributed by atoms with Crippen LogP contribution in [0.15, 0.2) is 18.3 Å². The number of nitrogens with two attached hydrogens (primary N) is 1. The zero-order chi connectivity index (χ0) is 13.5. The molecular formula is C13H17N3O2.